The lowest BCUT2D eigenvalue weighted by molar-refractivity contribution is -0.932. The summed E-state index contributed by atoms with van der Waals surface area (Å²) < 4.78 is 1.44. The molecule has 1 saturated heterocycles. The van der Waals surface area contributed by atoms with Gasteiger partial charge in [0.2, 0.25) is 0 Å². The molecule has 0 unspecified atom stereocenters. The number of quaternary nitrogens is 1. The summed E-state index contributed by atoms with van der Waals surface area (Å²) in [6, 6.07) is 0. The van der Waals surface area contributed by atoms with E-state index in [4.69, 9.17) is 0 Å². The Balaban J connectivity index is 0.00000144. The third kappa shape index (κ3) is 4.15. The van der Waals surface area contributed by atoms with Crippen LogP contribution >= 0.6 is 0 Å². The van der Waals surface area contributed by atoms with Crippen molar-refractivity contribution in [1.82, 2.24) is 0 Å². The van der Waals surface area contributed by atoms with Crippen molar-refractivity contribution in [3.8, 4) is 0 Å². The first-order valence-corrected chi connectivity index (χ1v) is 5.68. The van der Waals surface area contributed by atoms with Gasteiger partial charge in [0.25, 0.3) is 0 Å². The smallest absolute Gasteiger partial charge is 0.0786 e. The maximum Gasteiger partial charge on any atom is 0.0786 e. The van der Waals surface area contributed by atoms with Gasteiger partial charge in [0.15, 0.2) is 0 Å². The van der Waals surface area contributed by atoms with Crippen molar-refractivity contribution in [3.05, 3.63) is 0 Å². The van der Waals surface area contributed by atoms with Crippen LogP contribution in [0.2, 0.25) is 0 Å². The minimum absolute atomic E-state index is 0. The number of likely N-dealkylation sites (tertiary alicyclic amines) is 1. The highest BCUT2D eigenvalue weighted by molar-refractivity contribution is 4.53. The molecule has 1 fully saturated rings. The van der Waals surface area contributed by atoms with Crippen LogP contribution in [0.25, 0.3) is 0 Å². The second-order valence-corrected chi connectivity index (χ2v) is 4.30. The molecule has 0 atom stereocenters. The fourth-order valence-corrected chi connectivity index (χ4v) is 2.69. The Hall–Kier alpha value is 0.690. The molecule has 2 heteroatoms. The minimum Gasteiger partial charge on any atom is -1.00 e. The van der Waals surface area contributed by atoms with E-state index in [9.17, 15) is 0 Å². The summed E-state index contributed by atoms with van der Waals surface area (Å²) in [5.41, 5.74) is 0. The lowest BCUT2D eigenvalue weighted by Crippen LogP contribution is -3.00. The van der Waals surface area contributed by atoms with Gasteiger partial charge in [-0.15, -0.1) is 0 Å². The second-order valence-electron chi connectivity index (χ2n) is 4.30. The van der Waals surface area contributed by atoms with Crippen molar-refractivity contribution in [2.24, 2.45) is 0 Å². The first-order valence-electron chi connectivity index (χ1n) is 5.68. The highest BCUT2D eigenvalue weighted by Crippen LogP contribution is 2.19. The average Bonchev–Trinajstić information content (AvgIpc) is 2.07. The normalized spacial score (nSPS) is 20.8. The number of hydrogen-bond acceptors (Lipinski definition) is 0. The second kappa shape index (κ2) is 7.04. The molecule has 1 aliphatic heterocycles. The van der Waals surface area contributed by atoms with Gasteiger partial charge in [-0.3, -0.25) is 0 Å². The lowest BCUT2D eigenvalue weighted by Gasteiger charge is -2.41. The molecule has 80 valence electrons. The highest BCUT2D eigenvalue weighted by Gasteiger charge is 2.27. The zero-order chi connectivity index (χ0) is 8.86. The summed E-state index contributed by atoms with van der Waals surface area (Å²) in [6.07, 6.45) is 7.15. The molecular weight excluding hydrogens is 273 g/mol. The van der Waals surface area contributed by atoms with Gasteiger partial charge in [0.1, 0.15) is 0 Å². The van der Waals surface area contributed by atoms with E-state index >= 15 is 0 Å². The van der Waals surface area contributed by atoms with Gasteiger partial charge in [-0.1, -0.05) is 13.8 Å². The molecule has 0 N–H and O–H groups in total. The Morgan fingerprint density at radius 3 is 1.69 bits per heavy atom. The van der Waals surface area contributed by atoms with Crippen molar-refractivity contribution < 1.29 is 28.5 Å². The standard InChI is InChI=1S/C11H24N.HI/c1-3-8-12(9-4-2)10-6-5-7-11-12;/h3-11H2,1-2H3;1H/q+1;/p-1. The van der Waals surface area contributed by atoms with Gasteiger partial charge in [0, 0.05) is 0 Å². The molecule has 0 amide bonds. The van der Waals surface area contributed by atoms with E-state index in [1.165, 1.54) is 62.8 Å². The summed E-state index contributed by atoms with van der Waals surface area (Å²) >= 11 is 0. The van der Waals surface area contributed by atoms with Crippen molar-refractivity contribution in [1.29, 1.82) is 0 Å². The zero-order valence-electron chi connectivity index (χ0n) is 9.19. The Bertz CT molecular complexity index is 104. The Morgan fingerprint density at radius 1 is 0.846 bits per heavy atom. The fourth-order valence-electron chi connectivity index (χ4n) is 2.69. The van der Waals surface area contributed by atoms with E-state index in [0.717, 1.165) is 0 Å². The van der Waals surface area contributed by atoms with Crippen LogP contribution < -0.4 is 24.0 Å². The summed E-state index contributed by atoms with van der Waals surface area (Å²) in [5, 5.41) is 0. The number of rotatable bonds is 4. The van der Waals surface area contributed by atoms with E-state index in [0.29, 0.717) is 0 Å². The van der Waals surface area contributed by atoms with Gasteiger partial charge >= 0.3 is 0 Å². The topological polar surface area (TPSA) is 0 Å². The van der Waals surface area contributed by atoms with Crippen LogP contribution in [-0.2, 0) is 0 Å². The van der Waals surface area contributed by atoms with Crippen LogP contribution in [0.3, 0.4) is 0 Å². The number of nitrogens with zero attached hydrogens (tertiary/aromatic N) is 1. The predicted octanol–water partition coefficient (Wildman–Crippen LogP) is -0.189. The zero-order valence-corrected chi connectivity index (χ0v) is 11.3. The molecule has 0 aromatic heterocycles. The first kappa shape index (κ1) is 13.7. The van der Waals surface area contributed by atoms with Crippen LogP contribution in [0.15, 0.2) is 0 Å². The van der Waals surface area contributed by atoms with Gasteiger partial charge in [0.05, 0.1) is 26.2 Å². The van der Waals surface area contributed by atoms with E-state index < -0.39 is 0 Å². The summed E-state index contributed by atoms with van der Waals surface area (Å²) in [7, 11) is 0. The van der Waals surface area contributed by atoms with Crippen LogP contribution in [0.5, 0.6) is 0 Å². The molecule has 0 aliphatic carbocycles. The molecule has 0 radical (unpaired) electrons. The summed E-state index contributed by atoms with van der Waals surface area (Å²) in [4.78, 5) is 0. The van der Waals surface area contributed by atoms with Crippen LogP contribution in [0.4, 0.5) is 0 Å². The van der Waals surface area contributed by atoms with Gasteiger partial charge < -0.3 is 28.5 Å². The van der Waals surface area contributed by atoms with Crippen molar-refractivity contribution >= 4 is 0 Å². The Labute approximate surface area is 100 Å². The third-order valence-corrected chi connectivity index (χ3v) is 3.16. The molecule has 0 bridgehead atoms. The van der Waals surface area contributed by atoms with E-state index in [-0.39, 0.29) is 24.0 Å². The average molecular weight is 297 g/mol. The number of halogens is 1. The molecule has 1 nitrogen and oxygen atoms in total. The predicted molar refractivity (Wildman–Crippen MR) is 54.2 cm³/mol. The van der Waals surface area contributed by atoms with Crippen LogP contribution in [0.1, 0.15) is 46.0 Å². The lowest BCUT2D eigenvalue weighted by atomic mass is 10.1. The maximum absolute atomic E-state index is 2.32. The number of piperidine rings is 1. The van der Waals surface area contributed by atoms with E-state index in [1.807, 2.05) is 0 Å². The SMILES string of the molecule is CCC[N+]1(CCC)CCCCC1.[I-]. The molecule has 1 rings (SSSR count). The van der Waals surface area contributed by atoms with E-state index in [1.54, 1.807) is 0 Å². The van der Waals surface area contributed by atoms with Gasteiger partial charge in [-0.2, -0.15) is 0 Å². The molecule has 0 aromatic carbocycles. The molecule has 1 heterocycles. The molecule has 13 heavy (non-hydrogen) atoms. The van der Waals surface area contributed by atoms with Crippen LogP contribution in [0, 0.1) is 0 Å². The largest absolute Gasteiger partial charge is 1.00 e. The maximum atomic E-state index is 2.32. The molecular formula is C11H24IN. The van der Waals surface area contributed by atoms with Crippen molar-refractivity contribution in [3.63, 3.8) is 0 Å². The Kier molecular flexibility index (Phi) is 7.42. The summed E-state index contributed by atoms with van der Waals surface area (Å²) in [6.45, 7) is 10.4. The first-order chi connectivity index (χ1) is 5.83. The third-order valence-electron chi connectivity index (χ3n) is 3.16. The monoisotopic (exact) mass is 297 g/mol. The van der Waals surface area contributed by atoms with Crippen molar-refractivity contribution in [2.45, 2.75) is 46.0 Å². The van der Waals surface area contributed by atoms with Gasteiger partial charge in [-0.25, -0.2) is 0 Å². The molecule has 0 saturated carbocycles. The van der Waals surface area contributed by atoms with Crippen LogP contribution in [-0.4, -0.2) is 30.7 Å². The minimum atomic E-state index is 0. The number of hydrogen-bond donors (Lipinski definition) is 0. The summed E-state index contributed by atoms with van der Waals surface area (Å²) in [5.74, 6) is 0. The Morgan fingerprint density at radius 2 is 1.31 bits per heavy atom. The highest BCUT2D eigenvalue weighted by atomic mass is 127. The molecule has 0 aromatic rings. The molecule has 1 aliphatic rings. The van der Waals surface area contributed by atoms with Gasteiger partial charge in [-0.05, 0) is 32.1 Å². The van der Waals surface area contributed by atoms with Crippen molar-refractivity contribution in [2.75, 3.05) is 26.2 Å². The fraction of sp³-hybridized carbons (Fsp3) is 1.00. The van der Waals surface area contributed by atoms with E-state index in [2.05, 4.69) is 13.8 Å². The molecule has 0 spiro atoms. The quantitative estimate of drug-likeness (QED) is 0.498.